The van der Waals surface area contributed by atoms with Crippen LogP contribution in [0.25, 0.3) is 10.9 Å². The molecular weight excluding hydrogens is 266 g/mol. The molecule has 0 aliphatic rings. The third-order valence-electron chi connectivity index (χ3n) is 2.68. The molecule has 0 aliphatic carbocycles. The van der Waals surface area contributed by atoms with Gasteiger partial charge in [0.25, 0.3) is 0 Å². The van der Waals surface area contributed by atoms with E-state index < -0.39 is 0 Å². The third kappa shape index (κ3) is 1.92. The molecule has 84 valence electrons. The van der Waals surface area contributed by atoms with Gasteiger partial charge in [0.2, 0.25) is 0 Å². The standard InChI is InChI=1S/C13H14BrNO/c1-7(2)11-6-12(16)9-4-8(3)5-10(14)13(9)15-11/h4-7H,1-3H3,(H,15,16). The van der Waals surface area contributed by atoms with E-state index >= 15 is 0 Å². The lowest BCUT2D eigenvalue weighted by molar-refractivity contribution is 0.828. The fourth-order valence-electron chi connectivity index (χ4n) is 1.77. The van der Waals surface area contributed by atoms with Crippen LogP contribution in [0.15, 0.2) is 27.5 Å². The average Bonchev–Trinajstić information content (AvgIpc) is 2.19. The van der Waals surface area contributed by atoms with E-state index in [-0.39, 0.29) is 5.43 Å². The smallest absolute Gasteiger partial charge is 0.189 e. The number of halogens is 1. The monoisotopic (exact) mass is 279 g/mol. The van der Waals surface area contributed by atoms with Crippen molar-refractivity contribution in [1.29, 1.82) is 0 Å². The topological polar surface area (TPSA) is 32.9 Å². The molecule has 2 rings (SSSR count). The van der Waals surface area contributed by atoms with E-state index in [1.54, 1.807) is 6.07 Å². The number of aromatic nitrogens is 1. The van der Waals surface area contributed by atoms with E-state index in [4.69, 9.17) is 0 Å². The van der Waals surface area contributed by atoms with Crippen LogP contribution < -0.4 is 5.43 Å². The van der Waals surface area contributed by atoms with Gasteiger partial charge in [-0.2, -0.15) is 0 Å². The quantitative estimate of drug-likeness (QED) is 0.848. The highest BCUT2D eigenvalue weighted by Gasteiger charge is 2.08. The zero-order chi connectivity index (χ0) is 11.9. The Hall–Kier alpha value is -1.09. The molecule has 0 spiro atoms. The van der Waals surface area contributed by atoms with Crippen molar-refractivity contribution in [2.45, 2.75) is 26.7 Å². The van der Waals surface area contributed by atoms with Crippen LogP contribution in [-0.2, 0) is 0 Å². The maximum absolute atomic E-state index is 12.0. The highest BCUT2D eigenvalue weighted by molar-refractivity contribution is 9.10. The Morgan fingerprint density at radius 3 is 2.56 bits per heavy atom. The van der Waals surface area contributed by atoms with E-state index in [0.717, 1.165) is 26.6 Å². The molecular formula is C13H14BrNO. The fraction of sp³-hybridized carbons (Fsp3) is 0.308. The molecule has 0 aliphatic heterocycles. The van der Waals surface area contributed by atoms with Gasteiger partial charge in [-0.25, -0.2) is 0 Å². The lowest BCUT2D eigenvalue weighted by atomic mass is 10.1. The molecule has 0 unspecified atom stereocenters. The maximum Gasteiger partial charge on any atom is 0.189 e. The number of hydrogen-bond acceptors (Lipinski definition) is 1. The van der Waals surface area contributed by atoms with Gasteiger partial charge < -0.3 is 4.98 Å². The highest BCUT2D eigenvalue weighted by atomic mass is 79.9. The average molecular weight is 280 g/mol. The largest absolute Gasteiger partial charge is 0.357 e. The zero-order valence-electron chi connectivity index (χ0n) is 9.60. The number of rotatable bonds is 1. The Bertz CT molecular complexity index is 599. The summed E-state index contributed by atoms with van der Waals surface area (Å²) < 4.78 is 0.946. The van der Waals surface area contributed by atoms with Crippen molar-refractivity contribution < 1.29 is 0 Å². The Balaban J connectivity index is 2.87. The van der Waals surface area contributed by atoms with Gasteiger partial charge in [-0.3, -0.25) is 4.79 Å². The first-order valence-corrected chi connectivity index (χ1v) is 6.11. The summed E-state index contributed by atoms with van der Waals surface area (Å²) in [6.07, 6.45) is 0. The van der Waals surface area contributed by atoms with E-state index in [0.29, 0.717) is 5.92 Å². The summed E-state index contributed by atoms with van der Waals surface area (Å²) in [6.45, 7) is 6.12. The van der Waals surface area contributed by atoms with Crippen LogP contribution in [0.3, 0.4) is 0 Å². The van der Waals surface area contributed by atoms with E-state index in [1.807, 2.05) is 19.1 Å². The number of pyridine rings is 1. The number of fused-ring (bicyclic) bond motifs is 1. The van der Waals surface area contributed by atoms with Crippen LogP contribution in [-0.4, -0.2) is 4.98 Å². The summed E-state index contributed by atoms with van der Waals surface area (Å²) in [5.41, 5.74) is 3.04. The van der Waals surface area contributed by atoms with Crippen molar-refractivity contribution in [1.82, 2.24) is 4.98 Å². The van der Waals surface area contributed by atoms with Gasteiger partial charge in [0, 0.05) is 21.6 Å². The molecule has 1 aromatic carbocycles. The summed E-state index contributed by atoms with van der Waals surface area (Å²) in [7, 11) is 0. The third-order valence-corrected chi connectivity index (χ3v) is 3.30. The normalized spacial score (nSPS) is 11.3. The Morgan fingerprint density at radius 1 is 1.25 bits per heavy atom. The molecule has 16 heavy (non-hydrogen) atoms. The number of nitrogens with one attached hydrogen (secondary N) is 1. The van der Waals surface area contributed by atoms with Crippen LogP contribution in [0.4, 0.5) is 0 Å². The molecule has 0 saturated carbocycles. The minimum atomic E-state index is 0.0850. The minimum absolute atomic E-state index is 0.0850. The van der Waals surface area contributed by atoms with Crippen LogP contribution >= 0.6 is 15.9 Å². The van der Waals surface area contributed by atoms with Gasteiger partial charge in [0.05, 0.1) is 5.52 Å². The van der Waals surface area contributed by atoms with Gasteiger partial charge in [0.15, 0.2) is 5.43 Å². The summed E-state index contributed by atoms with van der Waals surface area (Å²) in [5, 5.41) is 0.747. The lowest BCUT2D eigenvalue weighted by Gasteiger charge is -2.09. The predicted molar refractivity (Wildman–Crippen MR) is 71.1 cm³/mol. The van der Waals surface area contributed by atoms with Crippen molar-refractivity contribution in [3.63, 3.8) is 0 Å². The molecule has 2 nitrogen and oxygen atoms in total. The first kappa shape index (κ1) is 11.4. The summed E-state index contributed by atoms with van der Waals surface area (Å²) >= 11 is 3.49. The molecule has 3 heteroatoms. The van der Waals surface area contributed by atoms with Gasteiger partial charge in [-0.15, -0.1) is 0 Å². The molecule has 0 fully saturated rings. The molecule has 1 N–H and O–H groups in total. The number of benzene rings is 1. The Morgan fingerprint density at radius 2 is 1.94 bits per heavy atom. The number of aromatic amines is 1. The minimum Gasteiger partial charge on any atom is -0.357 e. The van der Waals surface area contributed by atoms with Crippen molar-refractivity contribution in [3.8, 4) is 0 Å². The summed E-state index contributed by atoms with van der Waals surface area (Å²) in [4.78, 5) is 15.3. The molecule has 0 bridgehead atoms. The predicted octanol–water partition coefficient (Wildman–Crippen LogP) is 3.72. The fourth-order valence-corrected chi connectivity index (χ4v) is 2.45. The number of H-pyrrole nitrogens is 1. The van der Waals surface area contributed by atoms with Crippen LogP contribution in [0, 0.1) is 6.92 Å². The second-order valence-electron chi connectivity index (χ2n) is 4.41. The molecule has 0 amide bonds. The molecule has 1 aromatic heterocycles. The van der Waals surface area contributed by atoms with Crippen LogP contribution in [0.1, 0.15) is 31.0 Å². The van der Waals surface area contributed by atoms with Crippen LogP contribution in [0.2, 0.25) is 0 Å². The molecule has 0 radical (unpaired) electrons. The maximum atomic E-state index is 12.0. The SMILES string of the molecule is Cc1cc(Br)c2[nH]c(C(C)C)cc(=O)c2c1. The summed E-state index contributed by atoms with van der Waals surface area (Å²) in [6, 6.07) is 5.63. The van der Waals surface area contributed by atoms with Gasteiger partial charge in [-0.05, 0) is 46.5 Å². The Kier molecular flexibility index (Phi) is 2.89. The molecule has 0 atom stereocenters. The van der Waals surface area contributed by atoms with E-state index in [2.05, 4.69) is 34.8 Å². The zero-order valence-corrected chi connectivity index (χ0v) is 11.2. The number of aryl methyl sites for hydroxylation is 1. The molecule has 1 heterocycles. The van der Waals surface area contributed by atoms with Gasteiger partial charge in [-0.1, -0.05) is 13.8 Å². The first-order valence-electron chi connectivity index (χ1n) is 5.32. The van der Waals surface area contributed by atoms with Crippen molar-refractivity contribution in [2.75, 3.05) is 0 Å². The van der Waals surface area contributed by atoms with Crippen molar-refractivity contribution in [2.24, 2.45) is 0 Å². The Labute approximate surface area is 103 Å². The molecule has 2 aromatic rings. The van der Waals surface area contributed by atoms with Crippen LogP contribution in [0.5, 0.6) is 0 Å². The van der Waals surface area contributed by atoms with Gasteiger partial charge in [0.1, 0.15) is 0 Å². The molecule has 0 saturated heterocycles. The second-order valence-corrected chi connectivity index (χ2v) is 5.27. The summed E-state index contributed by atoms with van der Waals surface area (Å²) in [5.74, 6) is 0.324. The van der Waals surface area contributed by atoms with Crippen molar-refractivity contribution in [3.05, 3.63) is 44.2 Å². The van der Waals surface area contributed by atoms with Crippen molar-refractivity contribution >= 4 is 26.8 Å². The second kappa shape index (κ2) is 4.06. The first-order chi connectivity index (χ1) is 7.49. The van der Waals surface area contributed by atoms with Gasteiger partial charge >= 0.3 is 0 Å². The highest BCUT2D eigenvalue weighted by Crippen LogP contribution is 2.23. The van der Waals surface area contributed by atoms with E-state index in [1.165, 1.54) is 0 Å². The lowest BCUT2D eigenvalue weighted by Crippen LogP contribution is -2.06. The number of hydrogen-bond donors (Lipinski definition) is 1. The van der Waals surface area contributed by atoms with E-state index in [9.17, 15) is 4.79 Å².